The number of nitrogens with one attached hydrogen (secondary N) is 2. The second kappa shape index (κ2) is 4.37. The minimum Gasteiger partial charge on any atom is -0.369 e. The van der Waals surface area contributed by atoms with Crippen LogP contribution in [0.25, 0.3) is 5.65 Å². The van der Waals surface area contributed by atoms with Crippen LogP contribution in [0.1, 0.15) is 13.8 Å². The molecule has 0 bridgehead atoms. The number of fused-ring (bicyclic) bond motifs is 1. The Morgan fingerprint density at radius 3 is 3.06 bits per heavy atom. The smallest absolute Gasteiger partial charge is 0.348 e. The molecular weight excluding hydrogens is 242 g/mol. The Labute approximate surface area is 103 Å². The summed E-state index contributed by atoms with van der Waals surface area (Å²) in [4.78, 5) is 15.3. The van der Waals surface area contributed by atoms with Gasteiger partial charge in [-0.1, -0.05) is 13.8 Å². The average Bonchev–Trinajstić information content (AvgIpc) is 2.68. The molecule has 0 saturated carbocycles. The number of alkyl halides is 1. The highest BCUT2D eigenvalue weighted by Gasteiger charge is 2.16. The Kier molecular flexibility index (Phi) is 3.06. The van der Waals surface area contributed by atoms with Crippen LogP contribution in [0.5, 0.6) is 0 Å². The maximum absolute atomic E-state index is 11.2. The third-order valence-corrected chi connectivity index (χ3v) is 3.14. The van der Waals surface area contributed by atoms with Crippen LogP contribution < -0.4 is 11.0 Å². The third kappa shape index (κ3) is 2.58. The molecule has 0 aliphatic carbocycles. The minimum atomic E-state index is -0.292. The fourth-order valence-corrected chi connectivity index (χ4v) is 1.38. The molecule has 0 atom stereocenters. The van der Waals surface area contributed by atoms with Gasteiger partial charge in [-0.25, -0.2) is 19.3 Å². The third-order valence-electron chi connectivity index (χ3n) is 2.42. The Balaban J connectivity index is 2.17. The van der Waals surface area contributed by atoms with E-state index in [0.29, 0.717) is 23.9 Å². The summed E-state index contributed by atoms with van der Waals surface area (Å²) in [5, 5.41) is 9.39. The van der Waals surface area contributed by atoms with Crippen molar-refractivity contribution in [3.8, 4) is 0 Å². The number of nitrogens with zero attached hydrogens (tertiary/aromatic N) is 3. The molecule has 0 aromatic carbocycles. The number of rotatable bonds is 4. The summed E-state index contributed by atoms with van der Waals surface area (Å²) in [6.07, 6.45) is 1.44. The van der Waals surface area contributed by atoms with Crippen molar-refractivity contribution in [3.63, 3.8) is 0 Å². The number of anilines is 1. The van der Waals surface area contributed by atoms with Crippen LogP contribution in [-0.2, 0) is 0 Å². The van der Waals surface area contributed by atoms with E-state index in [-0.39, 0.29) is 11.1 Å². The highest BCUT2D eigenvalue weighted by Crippen LogP contribution is 2.17. The first kappa shape index (κ1) is 11.9. The first-order valence-electron chi connectivity index (χ1n) is 5.24. The van der Waals surface area contributed by atoms with E-state index < -0.39 is 0 Å². The van der Waals surface area contributed by atoms with Gasteiger partial charge in [-0.05, 0) is 5.41 Å². The fourth-order valence-electron chi connectivity index (χ4n) is 1.28. The van der Waals surface area contributed by atoms with Crippen LogP contribution in [0, 0.1) is 5.41 Å². The SMILES string of the molecule is CC(C)(CCl)CNc1cc2n[nH]c(=O)n2cn1. The van der Waals surface area contributed by atoms with Crippen LogP contribution in [0.15, 0.2) is 17.2 Å². The van der Waals surface area contributed by atoms with E-state index in [4.69, 9.17) is 11.6 Å². The maximum Gasteiger partial charge on any atom is 0.348 e. The van der Waals surface area contributed by atoms with E-state index in [1.165, 1.54) is 10.7 Å². The van der Waals surface area contributed by atoms with E-state index in [9.17, 15) is 4.79 Å². The molecule has 2 N–H and O–H groups in total. The largest absolute Gasteiger partial charge is 0.369 e. The lowest BCUT2D eigenvalue weighted by Gasteiger charge is -2.21. The van der Waals surface area contributed by atoms with Gasteiger partial charge in [-0.3, -0.25) is 0 Å². The molecule has 6 nitrogen and oxygen atoms in total. The number of hydrogen-bond donors (Lipinski definition) is 2. The van der Waals surface area contributed by atoms with Gasteiger partial charge in [-0.15, -0.1) is 11.6 Å². The lowest BCUT2D eigenvalue weighted by atomic mass is 9.97. The Hall–Kier alpha value is -1.56. The summed E-state index contributed by atoms with van der Waals surface area (Å²) in [6, 6.07) is 1.71. The molecule has 0 unspecified atom stereocenters. The minimum absolute atomic E-state index is 0.0133. The Bertz CT molecular complexity index is 573. The van der Waals surface area contributed by atoms with Crippen LogP contribution in [-0.4, -0.2) is 32.0 Å². The predicted octanol–water partition coefficient (Wildman–Crippen LogP) is 1.09. The van der Waals surface area contributed by atoms with Crippen molar-refractivity contribution in [3.05, 3.63) is 22.9 Å². The normalized spacial score (nSPS) is 11.9. The van der Waals surface area contributed by atoms with Crippen molar-refractivity contribution in [2.24, 2.45) is 5.41 Å². The average molecular weight is 256 g/mol. The number of H-pyrrole nitrogens is 1. The summed E-state index contributed by atoms with van der Waals surface area (Å²) < 4.78 is 1.35. The van der Waals surface area contributed by atoms with E-state index in [1.807, 2.05) is 0 Å². The second-order valence-electron chi connectivity index (χ2n) is 4.68. The zero-order valence-corrected chi connectivity index (χ0v) is 10.5. The molecule has 0 aliphatic rings. The summed E-state index contributed by atoms with van der Waals surface area (Å²) in [6.45, 7) is 4.82. The van der Waals surface area contributed by atoms with E-state index >= 15 is 0 Å². The molecule has 0 amide bonds. The van der Waals surface area contributed by atoms with Crippen LogP contribution >= 0.6 is 11.6 Å². The van der Waals surface area contributed by atoms with Gasteiger partial charge in [0, 0.05) is 18.5 Å². The van der Waals surface area contributed by atoms with E-state index in [0.717, 1.165) is 0 Å². The lowest BCUT2D eigenvalue weighted by Crippen LogP contribution is -2.25. The standard InChI is InChI=1S/C10H14ClN5O/c1-10(2,4-11)5-12-7-3-8-14-15-9(17)16(8)6-13-7/h3,6,12H,4-5H2,1-2H3,(H,15,17). The Morgan fingerprint density at radius 2 is 2.35 bits per heavy atom. The molecule has 0 saturated heterocycles. The molecule has 2 aromatic heterocycles. The van der Waals surface area contributed by atoms with Crippen molar-refractivity contribution in [2.75, 3.05) is 17.7 Å². The topological polar surface area (TPSA) is 75.1 Å². The number of aromatic amines is 1. The summed E-state index contributed by atoms with van der Waals surface area (Å²) >= 11 is 5.83. The second-order valence-corrected chi connectivity index (χ2v) is 4.95. The number of hydrogen-bond acceptors (Lipinski definition) is 4. The molecule has 0 radical (unpaired) electrons. The van der Waals surface area contributed by atoms with Crippen molar-refractivity contribution in [1.82, 2.24) is 19.6 Å². The number of aromatic nitrogens is 4. The first-order valence-corrected chi connectivity index (χ1v) is 5.78. The van der Waals surface area contributed by atoms with Gasteiger partial charge >= 0.3 is 5.69 Å². The zero-order valence-electron chi connectivity index (χ0n) is 9.70. The quantitative estimate of drug-likeness (QED) is 0.802. The summed E-state index contributed by atoms with van der Waals surface area (Å²) in [5.41, 5.74) is 0.233. The van der Waals surface area contributed by atoms with Gasteiger partial charge in [-0.2, -0.15) is 5.10 Å². The first-order chi connectivity index (χ1) is 8.02. The van der Waals surface area contributed by atoms with Gasteiger partial charge in [0.15, 0.2) is 5.65 Å². The predicted molar refractivity (Wildman–Crippen MR) is 66.6 cm³/mol. The van der Waals surface area contributed by atoms with E-state index in [1.54, 1.807) is 6.07 Å². The molecule has 0 fully saturated rings. The van der Waals surface area contributed by atoms with Crippen molar-refractivity contribution < 1.29 is 0 Å². The van der Waals surface area contributed by atoms with Gasteiger partial charge in [0.1, 0.15) is 12.1 Å². The molecule has 2 heterocycles. The van der Waals surface area contributed by atoms with Crippen LogP contribution in [0.3, 0.4) is 0 Å². The zero-order chi connectivity index (χ0) is 12.5. The van der Waals surface area contributed by atoms with Gasteiger partial charge in [0.2, 0.25) is 0 Å². The highest BCUT2D eigenvalue weighted by atomic mass is 35.5. The number of halogens is 1. The molecule has 2 rings (SSSR count). The van der Waals surface area contributed by atoms with Gasteiger partial charge in [0.25, 0.3) is 0 Å². The van der Waals surface area contributed by atoms with Crippen molar-refractivity contribution in [1.29, 1.82) is 0 Å². The molecular formula is C10H14ClN5O. The van der Waals surface area contributed by atoms with E-state index in [2.05, 4.69) is 34.3 Å². The Morgan fingerprint density at radius 1 is 1.59 bits per heavy atom. The fraction of sp³-hybridized carbons (Fsp3) is 0.500. The monoisotopic (exact) mass is 255 g/mol. The van der Waals surface area contributed by atoms with Crippen LogP contribution in [0.4, 0.5) is 5.82 Å². The van der Waals surface area contributed by atoms with Crippen molar-refractivity contribution in [2.45, 2.75) is 13.8 Å². The molecule has 17 heavy (non-hydrogen) atoms. The highest BCUT2D eigenvalue weighted by molar-refractivity contribution is 6.18. The molecule has 2 aromatic rings. The van der Waals surface area contributed by atoms with Crippen LogP contribution in [0.2, 0.25) is 0 Å². The lowest BCUT2D eigenvalue weighted by molar-refractivity contribution is 0.449. The summed E-state index contributed by atoms with van der Waals surface area (Å²) in [5.74, 6) is 1.24. The molecule has 0 spiro atoms. The van der Waals surface area contributed by atoms with Gasteiger partial charge in [0.05, 0.1) is 0 Å². The molecule has 7 heteroatoms. The van der Waals surface area contributed by atoms with Gasteiger partial charge < -0.3 is 5.32 Å². The van der Waals surface area contributed by atoms with Crippen molar-refractivity contribution >= 4 is 23.1 Å². The molecule has 0 aliphatic heterocycles. The molecule has 92 valence electrons. The summed E-state index contributed by atoms with van der Waals surface area (Å²) in [7, 11) is 0. The maximum atomic E-state index is 11.2.